The summed E-state index contributed by atoms with van der Waals surface area (Å²) in [6.45, 7) is 4.62. The van der Waals surface area contributed by atoms with E-state index in [4.69, 9.17) is 10.00 Å². The van der Waals surface area contributed by atoms with Crippen molar-refractivity contribution in [1.82, 2.24) is 9.88 Å². The fourth-order valence-corrected chi connectivity index (χ4v) is 2.20. The Balaban J connectivity index is 2.10. The van der Waals surface area contributed by atoms with Crippen molar-refractivity contribution < 1.29 is 4.74 Å². The largest absolute Gasteiger partial charge is 0.495 e. The summed E-state index contributed by atoms with van der Waals surface area (Å²) in [5.41, 5.74) is 2.72. The minimum absolute atomic E-state index is 0.573. The second kappa shape index (κ2) is 7.41. The van der Waals surface area contributed by atoms with Gasteiger partial charge in [0.05, 0.1) is 18.4 Å². The van der Waals surface area contributed by atoms with Crippen molar-refractivity contribution in [2.75, 3.05) is 13.7 Å². The number of nitrogens with zero attached hydrogens (tertiary/aromatic N) is 3. The van der Waals surface area contributed by atoms with Gasteiger partial charge in [0, 0.05) is 19.3 Å². The Morgan fingerprint density at radius 2 is 2.10 bits per heavy atom. The fraction of sp³-hybridized carbons (Fsp3) is 0.294. The number of benzene rings is 1. The fourth-order valence-electron chi connectivity index (χ4n) is 2.20. The molecule has 0 saturated carbocycles. The molecule has 0 N–H and O–H groups in total. The number of nitriles is 1. The average molecular weight is 281 g/mol. The third-order valence-electron chi connectivity index (χ3n) is 3.35. The van der Waals surface area contributed by atoms with E-state index in [-0.39, 0.29) is 0 Å². The molecule has 0 saturated heterocycles. The molecular weight excluding hydrogens is 262 g/mol. The lowest BCUT2D eigenvalue weighted by Crippen LogP contribution is -2.22. The number of methoxy groups -OCH3 is 1. The third-order valence-corrected chi connectivity index (χ3v) is 3.35. The van der Waals surface area contributed by atoms with Gasteiger partial charge in [-0.3, -0.25) is 9.88 Å². The van der Waals surface area contributed by atoms with Crippen LogP contribution in [-0.4, -0.2) is 23.5 Å². The van der Waals surface area contributed by atoms with Crippen LogP contribution in [0.4, 0.5) is 0 Å². The Morgan fingerprint density at radius 1 is 1.24 bits per heavy atom. The molecular formula is C17H19N3O. The van der Waals surface area contributed by atoms with Crippen molar-refractivity contribution in [3.8, 4) is 11.8 Å². The zero-order valence-corrected chi connectivity index (χ0v) is 12.4. The van der Waals surface area contributed by atoms with E-state index in [2.05, 4.69) is 22.9 Å². The number of hydrogen-bond donors (Lipinski definition) is 0. The summed E-state index contributed by atoms with van der Waals surface area (Å²) in [5, 5.41) is 9.15. The van der Waals surface area contributed by atoms with Crippen LogP contribution in [0.2, 0.25) is 0 Å². The van der Waals surface area contributed by atoms with Crippen LogP contribution in [0.1, 0.15) is 23.7 Å². The highest BCUT2D eigenvalue weighted by Crippen LogP contribution is 2.20. The van der Waals surface area contributed by atoms with Crippen LogP contribution in [-0.2, 0) is 13.1 Å². The maximum absolute atomic E-state index is 9.15. The van der Waals surface area contributed by atoms with Crippen molar-refractivity contribution in [1.29, 1.82) is 5.26 Å². The first kappa shape index (κ1) is 15.0. The van der Waals surface area contributed by atoms with Crippen LogP contribution in [0.25, 0.3) is 0 Å². The zero-order chi connectivity index (χ0) is 15.1. The minimum Gasteiger partial charge on any atom is -0.495 e. The summed E-state index contributed by atoms with van der Waals surface area (Å²) in [7, 11) is 1.58. The van der Waals surface area contributed by atoms with Crippen molar-refractivity contribution in [3.05, 3.63) is 59.4 Å². The smallest absolute Gasteiger partial charge is 0.136 e. The Hall–Kier alpha value is -2.38. The monoisotopic (exact) mass is 281 g/mol. The molecule has 0 bridgehead atoms. The summed E-state index contributed by atoms with van der Waals surface area (Å²) in [4.78, 5) is 6.64. The van der Waals surface area contributed by atoms with E-state index in [9.17, 15) is 0 Å². The molecule has 0 unspecified atom stereocenters. The molecule has 0 amide bonds. The SMILES string of the molecule is CCN(Cc1ccc(OC)c(C#N)c1)Cc1ccccn1. The van der Waals surface area contributed by atoms with Gasteiger partial charge in [-0.05, 0) is 36.4 Å². The van der Waals surface area contributed by atoms with Crippen LogP contribution in [0.3, 0.4) is 0 Å². The average Bonchev–Trinajstić information content (AvgIpc) is 2.55. The van der Waals surface area contributed by atoms with E-state index in [1.54, 1.807) is 7.11 Å². The Kier molecular flexibility index (Phi) is 5.30. The highest BCUT2D eigenvalue weighted by atomic mass is 16.5. The number of rotatable bonds is 6. The molecule has 0 aliphatic rings. The van der Waals surface area contributed by atoms with E-state index >= 15 is 0 Å². The molecule has 0 atom stereocenters. The lowest BCUT2D eigenvalue weighted by molar-refractivity contribution is 0.268. The molecule has 1 heterocycles. The van der Waals surface area contributed by atoms with E-state index < -0.39 is 0 Å². The number of hydrogen-bond acceptors (Lipinski definition) is 4. The molecule has 108 valence electrons. The quantitative estimate of drug-likeness (QED) is 0.816. The number of pyridine rings is 1. The predicted molar refractivity (Wildman–Crippen MR) is 81.7 cm³/mol. The van der Waals surface area contributed by atoms with Crippen molar-refractivity contribution >= 4 is 0 Å². The van der Waals surface area contributed by atoms with Crippen molar-refractivity contribution in [2.45, 2.75) is 20.0 Å². The summed E-state index contributed by atoms with van der Waals surface area (Å²) in [6.07, 6.45) is 1.81. The van der Waals surface area contributed by atoms with E-state index in [0.717, 1.165) is 30.9 Å². The first-order valence-corrected chi connectivity index (χ1v) is 6.96. The van der Waals surface area contributed by atoms with Gasteiger partial charge in [-0.15, -0.1) is 0 Å². The number of ether oxygens (including phenoxy) is 1. The standard InChI is InChI=1S/C17H19N3O/c1-3-20(13-16-6-4-5-9-19-16)12-14-7-8-17(21-2)15(10-14)11-18/h4-10H,3,12-13H2,1-2H3. The molecule has 0 fully saturated rings. The Bertz CT molecular complexity index is 620. The first-order valence-electron chi connectivity index (χ1n) is 6.96. The maximum atomic E-state index is 9.15. The highest BCUT2D eigenvalue weighted by Gasteiger charge is 2.08. The third kappa shape index (κ3) is 4.04. The van der Waals surface area contributed by atoms with Gasteiger partial charge in [0.25, 0.3) is 0 Å². The van der Waals surface area contributed by atoms with Gasteiger partial charge in [-0.1, -0.05) is 19.1 Å². The molecule has 2 aromatic rings. The van der Waals surface area contributed by atoms with Gasteiger partial charge in [-0.25, -0.2) is 0 Å². The molecule has 21 heavy (non-hydrogen) atoms. The second-order valence-corrected chi connectivity index (χ2v) is 4.77. The second-order valence-electron chi connectivity index (χ2n) is 4.77. The minimum atomic E-state index is 0.573. The summed E-state index contributed by atoms with van der Waals surface area (Å²) in [5.74, 6) is 0.619. The van der Waals surface area contributed by atoms with E-state index in [1.165, 1.54) is 0 Å². The van der Waals surface area contributed by atoms with Crippen molar-refractivity contribution in [2.24, 2.45) is 0 Å². The van der Waals surface area contributed by atoms with E-state index in [0.29, 0.717) is 11.3 Å². The van der Waals surface area contributed by atoms with Gasteiger partial charge in [0.2, 0.25) is 0 Å². The van der Waals surface area contributed by atoms with Gasteiger partial charge < -0.3 is 4.74 Å². The van der Waals surface area contributed by atoms with Crippen molar-refractivity contribution in [3.63, 3.8) is 0 Å². The molecule has 1 aromatic carbocycles. The molecule has 0 aliphatic carbocycles. The maximum Gasteiger partial charge on any atom is 0.136 e. The van der Waals surface area contributed by atoms with Gasteiger partial charge in [-0.2, -0.15) is 5.26 Å². The molecule has 1 aromatic heterocycles. The predicted octanol–water partition coefficient (Wildman–Crippen LogP) is 2.98. The molecule has 0 radical (unpaired) electrons. The van der Waals surface area contributed by atoms with Gasteiger partial charge in [0.1, 0.15) is 11.8 Å². The Morgan fingerprint density at radius 3 is 2.71 bits per heavy atom. The highest BCUT2D eigenvalue weighted by molar-refractivity contribution is 5.45. The molecule has 4 heteroatoms. The van der Waals surface area contributed by atoms with Crippen LogP contribution < -0.4 is 4.74 Å². The van der Waals surface area contributed by atoms with Crippen LogP contribution in [0.15, 0.2) is 42.6 Å². The van der Waals surface area contributed by atoms with E-state index in [1.807, 2.05) is 42.6 Å². The van der Waals surface area contributed by atoms with Gasteiger partial charge in [0.15, 0.2) is 0 Å². The normalized spacial score (nSPS) is 10.4. The zero-order valence-electron chi connectivity index (χ0n) is 12.4. The summed E-state index contributed by atoms with van der Waals surface area (Å²) >= 11 is 0. The topological polar surface area (TPSA) is 49.1 Å². The summed E-state index contributed by atoms with van der Waals surface area (Å²) in [6, 6.07) is 13.9. The number of aromatic nitrogens is 1. The lowest BCUT2D eigenvalue weighted by atomic mass is 10.1. The van der Waals surface area contributed by atoms with Crippen LogP contribution in [0, 0.1) is 11.3 Å². The lowest BCUT2D eigenvalue weighted by Gasteiger charge is -2.20. The Labute approximate surface area is 125 Å². The molecule has 0 aliphatic heterocycles. The van der Waals surface area contributed by atoms with Gasteiger partial charge >= 0.3 is 0 Å². The van der Waals surface area contributed by atoms with Crippen LogP contribution in [0.5, 0.6) is 5.75 Å². The molecule has 4 nitrogen and oxygen atoms in total. The summed E-state index contributed by atoms with van der Waals surface area (Å²) < 4.78 is 5.17. The first-order chi connectivity index (χ1) is 10.3. The van der Waals surface area contributed by atoms with Crippen LogP contribution >= 0.6 is 0 Å². The molecule has 0 spiro atoms. The molecule has 2 rings (SSSR count).